The Balaban J connectivity index is 2.10. The van der Waals surface area contributed by atoms with Crippen LogP contribution in [0.3, 0.4) is 0 Å². The molecule has 0 spiro atoms. The van der Waals surface area contributed by atoms with Crippen LogP contribution < -0.4 is 15.6 Å². The number of carbonyl (C=O) groups excluding carboxylic acids is 3. The van der Waals surface area contributed by atoms with Crippen molar-refractivity contribution < 1.29 is 22.8 Å². The highest BCUT2D eigenvalue weighted by Crippen LogP contribution is 2.17. The molecule has 0 bridgehead atoms. The van der Waals surface area contributed by atoms with Gasteiger partial charge in [0.05, 0.1) is 4.90 Å². The lowest BCUT2D eigenvalue weighted by Crippen LogP contribution is -2.40. The quantitative estimate of drug-likeness (QED) is 0.540. The second-order valence-electron chi connectivity index (χ2n) is 5.40. The summed E-state index contributed by atoms with van der Waals surface area (Å²) in [4.78, 5) is 33.8. The summed E-state index contributed by atoms with van der Waals surface area (Å²) < 4.78 is 27.1. The summed E-state index contributed by atoms with van der Waals surface area (Å²) >= 11 is 0. The van der Waals surface area contributed by atoms with Gasteiger partial charge in [0.15, 0.2) is 5.78 Å². The maximum absolute atomic E-state index is 12.4. The molecule has 8 nitrogen and oxygen atoms in total. The van der Waals surface area contributed by atoms with Crippen molar-refractivity contribution in [1.82, 2.24) is 10.9 Å². The fourth-order valence-corrected chi connectivity index (χ4v) is 3.05. The van der Waals surface area contributed by atoms with Crippen molar-refractivity contribution >= 4 is 33.3 Å². The summed E-state index contributed by atoms with van der Waals surface area (Å²) in [6.45, 7) is 2.65. The summed E-state index contributed by atoms with van der Waals surface area (Å²) in [7, 11) is -3.83. The molecule has 2 aromatic rings. The zero-order valence-electron chi connectivity index (χ0n) is 14.1. The highest BCUT2D eigenvalue weighted by molar-refractivity contribution is 7.92. The van der Waals surface area contributed by atoms with E-state index in [4.69, 9.17) is 0 Å². The average molecular weight is 375 g/mol. The van der Waals surface area contributed by atoms with Crippen molar-refractivity contribution in [3.05, 3.63) is 59.7 Å². The van der Waals surface area contributed by atoms with E-state index in [1.54, 1.807) is 0 Å². The Hall–Kier alpha value is -3.20. The predicted octanol–water partition coefficient (Wildman–Crippen LogP) is 1.47. The molecule has 0 saturated heterocycles. The van der Waals surface area contributed by atoms with Crippen LogP contribution >= 0.6 is 0 Å². The molecule has 0 radical (unpaired) electrons. The number of sulfonamides is 1. The van der Waals surface area contributed by atoms with Crippen LogP contribution in [-0.4, -0.2) is 26.0 Å². The average Bonchev–Trinajstić information content (AvgIpc) is 2.60. The monoisotopic (exact) mass is 375 g/mol. The van der Waals surface area contributed by atoms with Crippen LogP contribution in [0.4, 0.5) is 5.69 Å². The number of hydrogen-bond acceptors (Lipinski definition) is 5. The number of hydrogen-bond donors (Lipinski definition) is 3. The molecule has 0 heterocycles. The van der Waals surface area contributed by atoms with Crippen LogP contribution in [0.1, 0.15) is 34.6 Å². The lowest BCUT2D eigenvalue weighted by atomic mass is 10.2. The maximum atomic E-state index is 12.4. The molecule has 2 aromatic carbocycles. The van der Waals surface area contributed by atoms with Gasteiger partial charge in [-0.05, 0) is 43.3 Å². The molecule has 0 aromatic heterocycles. The molecule has 2 rings (SSSR count). The topological polar surface area (TPSA) is 121 Å². The van der Waals surface area contributed by atoms with Crippen LogP contribution in [0.2, 0.25) is 0 Å². The number of hydrazine groups is 1. The van der Waals surface area contributed by atoms with Crippen LogP contribution in [0.15, 0.2) is 53.4 Å². The Morgan fingerprint density at radius 3 is 1.81 bits per heavy atom. The number of nitrogens with one attached hydrogen (secondary N) is 3. The Bertz CT molecular complexity index is 935. The second-order valence-corrected chi connectivity index (χ2v) is 7.08. The molecule has 0 unspecified atom stereocenters. The van der Waals surface area contributed by atoms with Crippen molar-refractivity contribution in [2.24, 2.45) is 0 Å². The standard InChI is InChI=1S/C17H17N3O5S/c1-11(21)13-5-9-16(10-6-13)26(24,25)20-15-7-3-14(4-8-15)17(23)19-18-12(2)22/h3-10,20H,1-2H3,(H,18,22)(H,19,23). The second kappa shape index (κ2) is 7.79. The number of anilines is 1. The first-order chi connectivity index (χ1) is 12.2. The highest BCUT2D eigenvalue weighted by atomic mass is 32.2. The van der Waals surface area contributed by atoms with Crippen LogP contribution in [0.25, 0.3) is 0 Å². The van der Waals surface area contributed by atoms with Crippen molar-refractivity contribution in [2.75, 3.05) is 4.72 Å². The predicted molar refractivity (Wildman–Crippen MR) is 95.0 cm³/mol. The molecule has 2 amide bonds. The van der Waals surface area contributed by atoms with Crippen molar-refractivity contribution in [1.29, 1.82) is 0 Å². The van der Waals surface area contributed by atoms with Gasteiger partial charge in [-0.15, -0.1) is 0 Å². The molecule has 3 N–H and O–H groups in total. The minimum atomic E-state index is -3.83. The van der Waals surface area contributed by atoms with Crippen LogP contribution in [0, 0.1) is 0 Å². The van der Waals surface area contributed by atoms with Gasteiger partial charge >= 0.3 is 0 Å². The van der Waals surface area contributed by atoms with E-state index in [0.29, 0.717) is 5.56 Å². The molecule has 9 heteroatoms. The first-order valence-electron chi connectivity index (χ1n) is 7.50. The normalized spacial score (nSPS) is 10.7. The van der Waals surface area contributed by atoms with E-state index >= 15 is 0 Å². The molecule has 0 aliphatic heterocycles. The summed E-state index contributed by atoms with van der Waals surface area (Å²) in [5.74, 6) is -1.11. The lowest BCUT2D eigenvalue weighted by molar-refractivity contribution is -0.119. The summed E-state index contributed by atoms with van der Waals surface area (Å²) in [5.41, 5.74) is 5.28. The Labute approximate surface area is 150 Å². The van der Waals surface area contributed by atoms with E-state index in [1.165, 1.54) is 62.4 Å². The minimum absolute atomic E-state index is 0.00924. The summed E-state index contributed by atoms with van der Waals surface area (Å²) in [5, 5.41) is 0. The van der Waals surface area contributed by atoms with Gasteiger partial charge in [-0.2, -0.15) is 0 Å². The third-order valence-corrected chi connectivity index (χ3v) is 4.72. The van der Waals surface area contributed by atoms with Crippen LogP contribution in [0.5, 0.6) is 0 Å². The van der Waals surface area contributed by atoms with Gasteiger partial charge < -0.3 is 0 Å². The highest BCUT2D eigenvalue weighted by Gasteiger charge is 2.15. The van der Waals surface area contributed by atoms with Gasteiger partial charge in [-0.1, -0.05) is 12.1 Å². The SMILES string of the molecule is CC(=O)NNC(=O)c1ccc(NS(=O)(=O)c2ccc(C(C)=O)cc2)cc1. The summed E-state index contributed by atoms with van der Waals surface area (Å²) in [6, 6.07) is 11.2. The first kappa shape index (κ1) is 19.1. The fraction of sp³-hybridized carbons (Fsp3) is 0.118. The first-order valence-corrected chi connectivity index (χ1v) is 8.98. The molecule has 0 saturated carbocycles. The van der Waals surface area contributed by atoms with E-state index in [9.17, 15) is 22.8 Å². The third-order valence-electron chi connectivity index (χ3n) is 3.32. The molecular weight excluding hydrogens is 358 g/mol. The number of rotatable bonds is 5. The minimum Gasteiger partial charge on any atom is -0.295 e. The number of carbonyl (C=O) groups is 3. The van der Waals surface area contributed by atoms with Gasteiger partial charge in [0.2, 0.25) is 5.91 Å². The van der Waals surface area contributed by atoms with Crippen molar-refractivity contribution in [3.63, 3.8) is 0 Å². The van der Waals surface area contributed by atoms with Gasteiger partial charge in [-0.3, -0.25) is 30.0 Å². The molecule has 0 aliphatic rings. The van der Waals surface area contributed by atoms with Gasteiger partial charge in [0.25, 0.3) is 15.9 Å². The van der Waals surface area contributed by atoms with Gasteiger partial charge in [0, 0.05) is 23.7 Å². The third kappa shape index (κ3) is 4.90. The molecule has 0 fully saturated rings. The number of ketones is 1. The van der Waals surface area contributed by atoms with Gasteiger partial charge in [-0.25, -0.2) is 8.42 Å². The lowest BCUT2D eigenvalue weighted by Gasteiger charge is -2.09. The molecule has 0 aliphatic carbocycles. The maximum Gasteiger partial charge on any atom is 0.269 e. The molecule has 136 valence electrons. The smallest absolute Gasteiger partial charge is 0.269 e. The van der Waals surface area contributed by atoms with E-state index < -0.39 is 21.8 Å². The Kier molecular flexibility index (Phi) is 5.73. The van der Waals surface area contributed by atoms with E-state index in [1.807, 2.05) is 0 Å². The van der Waals surface area contributed by atoms with Crippen LogP contribution in [-0.2, 0) is 14.8 Å². The zero-order valence-corrected chi connectivity index (χ0v) is 14.9. The van der Waals surface area contributed by atoms with E-state index in [0.717, 1.165) is 0 Å². The largest absolute Gasteiger partial charge is 0.295 e. The van der Waals surface area contributed by atoms with E-state index in [2.05, 4.69) is 15.6 Å². The molecular formula is C17H17N3O5S. The molecule has 26 heavy (non-hydrogen) atoms. The van der Waals surface area contributed by atoms with E-state index in [-0.39, 0.29) is 21.9 Å². The number of amides is 2. The van der Waals surface area contributed by atoms with Gasteiger partial charge in [0.1, 0.15) is 0 Å². The Morgan fingerprint density at radius 2 is 1.31 bits per heavy atom. The number of benzene rings is 2. The zero-order chi connectivity index (χ0) is 19.3. The summed E-state index contributed by atoms with van der Waals surface area (Å²) in [6.07, 6.45) is 0. The van der Waals surface area contributed by atoms with Crippen molar-refractivity contribution in [3.8, 4) is 0 Å². The fourth-order valence-electron chi connectivity index (χ4n) is 1.99. The Morgan fingerprint density at radius 1 is 0.769 bits per heavy atom. The number of Topliss-reactive ketones (excluding diaryl/α,β-unsaturated/α-hetero) is 1. The van der Waals surface area contributed by atoms with Crippen molar-refractivity contribution in [2.45, 2.75) is 18.7 Å². The molecule has 0 atom stereocenters.